The number of rotatable bonds is 2. The molecule has 1 aromatic rings. The second kappa shape index (κ2) is 5.22. The molecule has 2 N–H and O–H groups in total. The Labute approximate surface area is 119 Å². The van der Waals surface area contributed by atoms with Gasteiger partial charge in [0.25, 0.3) is 0 Å². The number of piperidine rings is 1. The van der Waals surface area contributed by atoms with E-state index < -0.39 is 0 Å². The van der Waals surface area contributed by atoms with E-state index in [-0.39, 0.29) is 6.04 Å². The van der Waals surface area contributed by atoms with Crippen molar-refractivity contribution in [3.05, 3.63) is 28.2 Å². The minimum atomic E-state index is 0.0909. The van der Waals surface area contributed by atoms with E-state index in [1.165, 1.54) is 24.1 Å². The molecule has 1 saturated heterocycles. The van der Waals surface area contributed by atoms with Gasteiger partial charge in [0, 0.05) is 23.6 Å². The molecule has 1 aliphatic rings. The molecule has 2 nitrogen and oxygen atoms in total. The number of hydrogen-bond acceptors (Lipinski definition) is 2. The van der Waals surface area contributed by atoms with Crippen LogP contribution in [-0.4, -0.2) is 13.1 Å². The zero-order valence-electron chi connectivity index (χ0n) is 11.5. The highest BCUT2D eigenvalue weighted by molar-refractivity contribution is 9.10. The van der Waals surface area contributed by atoms with Crippen molar-refractivity contribution in [1.82, 2.24) is 0 Å². The fourth-order valence-electron chi connectivity index (χ4n) is 2.69. The summed E-state index contributed by atoms with van der Waals surface area (Å²) in [7, 11) is 0. The summed E-state index contributed by atoms with van der Waals surface area (Å²) in [6, 6.07) is 6.59. The van der Waals surface area contributed by atoms with E-state index in [0.717, 1.165) is 17.6 Å². The highest BCUT2D eigenvalue weighted by atomic mass is 79.9. The van der Waals surface area contributed by atoms with Crippen LogP contribution in [0.1, 0.15) is 45.2 Å². The highest BCUT2D eigenvalue weighted by Gasteiger charge is 2.27. The van der Waals surface area contributed by atoms with Gasteiger partial charge in [0.1, 0.15) is 0 Å². The number of nitrogens with zero attached hydrogens (tertiary/aromatic N) is 1. The number of halogens is 1. The topological polar surface area (TPSA) is 29.3 Å². The predicted octanol–water partition coefficient (Wildman–Crippen LogP) is 4.10. The molecule has 100 valence electrons. The second-order valence-electron chi connectivity index (χ2n) is 6.19. The first-order chi connectivity index (χ1) is 8.39. The van der Waals surface area contributed by atoms with E-state index in [2.05, 4.69) is 52.9 Å². The summed E-state index contributed by atoms with van der Waals surface area (Å²) < 4.78 is 1.16. The number of anilines is 1. The summed E-state index contributed by atoms with van der Waals surface area (Å²) in [5.74, 6) is 0. The van der Waals surface area contributed by atoms with Crippen molar-refractivity contribution in [1.29, 1.82) is 0 Å². The van der Waals surface area contributed by atoms with Gasteiger partial charge in [-0.2, -0.15) is 0 Å². The average molecular weight is 311 g/mol. The van der Waals surface area contributed by atoms with E-state index in [0.29, 0.717) is 5.41 Å². The van der Waals surface area contributed by atoms with Gasteiger partial charge in [0.15, 0.2) is 0 Å². The maximum Gasteiger partial charge on any atom is 0.0511 e. The van der Waals surface area contributed by atoms with Crippen molar-refractivity contribution >= 4 is 21.6 Å². The van der Waals surface area contributed by atoms with Crippen LogP contribution >= 0.6 is 15.9 Å². The van der Waals surface area contributed by atoms with Gasteiger partial charge in [-0.1, -0.05) is 19.9 Å². The Morgan fingerprint density at radius 3 is 2.67 bits per heavy atom. The molecular weight excluding hydrogens is 288 g/mol. The Bertz CT molecular complexity index is 427. The molecular formula is C15H23BrN2. The molecule has 0 amide bonds. The van der Waals surface area contributed by atoms with Crippen LogP contribution in [-0.2, 0) is 0 Å². The van der Waals surface area contributed by atoms with Crippen molar-refractivity contribution in [2.24, 2.45) is 11.1 Å². The molecule has 0 aromatic heterocycles. The first kappa shape index (κ1) is 13.9. The Balaban J connectivity index is 2.23. The molecule has 0 radical (unpaired) electrons. The lowest BCUT2D eigenvalue weighted by Crippen LogP contribution is -2.40. The van der Waals surface area contributed by atoms with Gasteiger partial charge < -0.3 is 10.6 Å². The number of benzene rings is 1. The monoisotopic (exact) mass is 310 g/mol. The molecule has 1 heterocycles. The van der Waals surface area contributed by atoms with E-state index in [9.17, 15) is 0 Å². The van der Waals surface area contributed by atoms with Crippen LogP contribution in [0.2, 0.25) is 0 Å². The van der Waals surface area contributed by atoms with Crippen LogP contribution in [0.25, 0.3) is 0 Å². The molecule has 3 heteroatoms. The van der Waals surface area contributed by atoms with E-state index in [1.54, 1.807) is 0 Å². The van der Waals surface area contributed by atoms with E-state index in [1.807, 2.05) is 6.92 Å². The quantitative estimate of drug-likeness (QED) is 0.891. The van der Waals surface area contributed by atoms with Gasteiger partial charge in [-0.15, -0.1) is 0 Å². The molecule has 0 aliphatic carbocycles. The van der Waals surface area contributed by atoms with Crippen molar-refractivity contribution in [3.8, 4) is 0 Å². The number of hydrogen-bond donors (Lipinski definition) is 1. The van der Waals surface area contributed by atoms with Gasteiger partial charge in [-0.05, 0) is 58.8 Å². The van der Waals surface area contributed by atoms with Crippen molar-refractivity contribution in [3.63, 3.8) is 0 Å². The van der Waals surface area contributed by atoms with Crippen LogP contribution in [0.5, 0.6) is 0 Å². The van der Waals surface area contributed by atoms with Gasteiger partial charge in [0.2, 0.25) is 0 Å². The minimum Gasteiger partial charge on any atom is -0.370 e. The first-order valence-corrected chi connectivity index (χ1v) is 7.48. The first-order valence-electron chi connectivity index (χ1n) is 6.69. The van der Waals surface area contributed by atoms with Gasteiger partial charge >= 0.3 is 0 Å². The molecule has 1 fully saturated rings. The van der Waals surface area contributed by atoms with Crippen molar-refractivity contribution in [2.75, 3.05) is 18.0 Å². The van der Waals surface area contributed by atoms with Crippen LogP contribution in [0.4, 0.5) is 5.69 Å². The Morgan fingerprint density at radius 2 is 2.11 bits per heavy atom. The summed E-state index contributed by atoms with van der Waals surface area (Å²) in [6.07, 6.45) is 2.59. The van der Waals surface area contributed by atoms with Crippen molar-refractivity contribution < 1.29 is 0 Å². The van der Waals surface area contributed by atoms with Crippen molar-refractivity contribution in [2.45, 2.75) is 39.7 Å². The summed E-state index contributed by atoms with van der Waals surface area (Å²) >= 11 is 3.69. The number of nitrogens with two attached hydrogens (primary N) is 1. The molecule has 1 atom stereocenters. The maximum absolute atomic E-state index is 5.92. The zero-order chi connectivity index (χ0) is 13.3. The zero-order valence-corrected chi connectivity index (χ0v) is 13.1. The molecule has 0 spiro atoms. The second-order valence-corrected chi connectivity index (χ2v) is 7.04. The Hall–Kier alpha value is -0.540. The minimum absolute atomic E-state index is 0.0909. The van der Waals surface area contributed by atoms with Gasteiger partial charge in [-0.3, -0.25) is 0 Å². The molecule has 2 rings (SSSR count). The molecule has 18 heavy (non-hydrogen) atoms. The fourth-order valence-corrected chi connectivity index (χ4v) is 3.34. The Kier molecular flexibility index (Phi) is 4.02. The predicted molar refractivity (Wildman–Crippen MR) is 82.0 cm³/mol. The summed E-state index contributed by atoms with van der Waals surface area (Å²) in [5.41, 5.74) is 8.81. The molecule has 0 saturated carbocycles. The van der Waals surface area contributed by atoms with Crippen LogP contribution in [0, 0.1) is 5.41 Å². The average Bonchev–Trinajstić information content (AvgIpc) is 2.27. The van der Waals surface area contributed by atoms with Gasteiger partial charge in [-0.25, -0.2) is 0 Å². The smallest absolute Gasteiger partial charge is 0.0511 e. The van der Waals surface area contributed by atoms with Crippen LogP contribution < -0.4 is 10.6 Å². The lowest BCUT2D eigenvalue weighted by molar-refractivity contribution is 0.293. The summed E-state index contributed by atoms with van der Waals surface area (Å²) in [5, 5.41) is 0. The van der Waals surface area contributed by atoms with Crippen LogP contribution in [0.15, 0.2) is 22.7 Å². The molecule has 1 aromatic carbocycles. The molecule has 1 aliphatic heterocycles. The molecule has 0 unspecified atom stereocenters. The van der Waals surface area contributed by atoms with E-state index in [4.69, 9.17) is 5.73 Å². The third kappa shape index (κ3) is 3.07. The lowest BCUT2D eigenvalue weighted by Gasteiger charge is -2.40. The summed E-state index contributed by atoms with van der Waals surface area (Å²) in [4.78, 5) is 2.48. The maximum atomic E-state index is 5.92. The fraction of sp³-hybridized carbons (Fsp3) is 0.600. The third-order valence-electron chi connectivity index (χ3n) is 3.74. The molecule has 0 bridgehead atoms. The highest BCUT2D eigenvalue weighted by Crippen LogP contribution is 2.35. The SMILES string of the molecule is C[C@@H](N)c1ccc(N2CCCC(C)(C)C2)c(Br)c1. The lowest BCUT2D eigenvalue weighted by atomic mass is 9.84. The van der Waals surface area contributed by atoms with E-state index >= 15 is 0 Å². The normalized spacial score (nSPS) is 20.8. The van der Waals surface area contributed by atoms with Crippen LogP contribution in [0.3, 0.4) is 0 Å². The Morgan fingerprint density at radius 1 is 1.39 bits per heavy atom. The standard InChI is InChI=1S/C15H23BrN2/c1-11(17)12-5-6-14(13(16)9-12)18-8-4-7-15(2,3)10-18/h5-6,9,11H,4,7-8,10,17H2,1-3H3/t11-/m1/s1. The summed E-state index contributed by atoms with van der Waals surface area (Å²) in [6.45, 7) is 9.00. The largest absolute Gasteiger partial charge is 0.370 e. The third-order valence-corrected chi connectivity index (χ3v) is 4.37. The van der Waals surface area contributed by atoms with Gasteiger partial charge in [0.05, 0.1) is 5.69 Å².